The molecule has 0 saturated carbocycles. The standard InChI is InChI=1S/C23H29N3O5S/c1-5-29-20(27)19-14-26-18-9-8-15(11-17(18)24-21(26)32-19)12-25(13-16-7-6-10-30-16)22(28)31-23(2,3)4/h8-9,11,14,16H,5-7,10,12-13H2,1-4H3. The summed E-state index contributed by atoms with van der Waals surface area (Å²) >= 11 is 1.30. The van der Waals surface area contributed by atoms with Crippen LogP contribution in [0.4, 0.5) is 4.79 Å². The van der Waals surface area contributed by atoms with Gasteiger partial charge >= 0.3 is 12.1 Å². The third-order valence-corrected chi connectivity index (χ3v) is 6.08. The molecule has 1 saturated heterocycles. The summed E-state index contributed by atoms with van der Waals surface area (Å²) in [5, 5.41) is 0. The lowest BCUT2D eigenvalue weighted by atomic mass is 10.1. The molecule has 3 heterocycles. The first-order chi connectivity index (χ1) is 15.2. The highest BCUT2D eigenvalue weighted by molar-refractivity contribution is 7.18. The molecule has 1 amide bonds. The maximum atomic E-state index is 12.9. The highest BCUT2D eigenvalue weighted by Gasteiger charge is 2.27. The van der Waals surface area contributed by atoms with Gasteiger partial charge in [-0.15, -0.1) is 0 Å². The van der Waals surface area contributed by atoms with Gasteiger partial charge in [0, 0.05) is 19.3 Å². The van der Waals surface area contributed by atoms with E-state index >= 15 is 0 Å². The van der Waals surface area contributed by atoms with Crippen molar-refractivity contribution in [2.24, 2.45) is 0 Å². The number of rotatable bonds is 6. The molecule has 1 atom stereocenters. The van der Waals surface area contributed by atoms with Crippen LogP contribution < -0.4 is 0 Å². The fourth-order valence-corrected chi connectivity index (χ4v) is 4.63. The number of carbonyl (C=O) groups excluding carboxylic acids is 2. The molecule has 4 rings (SSSR count). The van der Waals surface area contributed by atoms with Crippen LogP contribution in [-0.2, 0) is 20.8 Å². The van der Waals surface area contributed by atoms with Crippen molar-refractivity contribution < 1.29 is 23.8 Å². The van der Waals surface area contributed by atoms with Gasteiger partial charge in [0.2, 0.25) is 0 Å². The Morgan fingerprint density at radius 2 is 2.16 bits per heavy atom. The quantitative estimate of drug-likeness (QED) is 0.500. The predicted octanol–water partition coefficient (Wildman–Crippen LogP) is 4.64. The largest absolute Gasteiger partial charge is 0.462 e. The normalized spacial score (nSPS) is 16.6. The van der Waals surface area contributed by atoms with Crippen molar-refractivity contribution in [1.82, 2.24) is 14.3 Å². The van der Waals surface area contributed by atoms with Gasteiger partial charge in [-0.05, 0) is 58.2 Å². The van der Waals surface area contributed by atoms with Crippen molar-refractivity contribution in [3.05, 3.63) is 34.8 Å². The zero-order chi connectivity index (χ0) is 22.9. The Hall–Kier alpha value is -2.65. The Morgan fingerprint density at radius 1 is 1.34 bits per heavy atom. The van der Waals surface area contributed by atoms with Gasteiger partial charge in [-0.1, -0.05) is 17.4 Å². The third-order valence-electron chi connectivity index (χ3n) is 5.12. The second-order valence-corrected chi connectivity index (χ2v) is 9.91. The van der Waals surface area contributed by atoms with Crippen LogP contribution in [0.1, 0.15) is 55.8 Å². The Morgan fingerprint density at radius 3 is 2.84 bits per heavy atom. The van der Waals surface area contributed by atoms with E-state index in [-0.39, 0.29) is 18.2 Å². The summed E-state index contributed by atoms with van der Waals surface area (Å²) in [6.45, 7) is 9.35. The molecule has 1 aliphatic rings. The Kier molecular flexibility index (Phi) is 6.39. The molecule has 0 spiro atoms. The third kappa shape index (κ3) is 5.05. The second kappa shape index (κ2) is 9.07. The lowest BCUT2D eigenvalue weighted by Crippen LogP contribution is -2.40. The molecular weight excluding hydrogens is 430 g/mol. The molecule has 0 aliphatic carbocycles. The average molecular weight is 460 g/mol. The molecule has 2 aromatic heterocycles. The van der Waals surface area contributed by atoms with E-state index in [1.165, 1.54) is 11.3 Å². The van der Waals surface area contributed by atoms with Crippen LogP contribution >= 0.6 is 11.3 Å². The summed E-state index contributed by atoms with van der Waals surface area (Å²) < 4.78 is 18.4. The molecule has 1 unspecified atom stereocenters. The minimum atomic E-state index is -0.569. The fourth-order valence-electron chi connectivity index (χ4n) is 3.74. The number of esters is 1. The minimum Gasteiger partial charge on any atom is -0.462 e. The molecule has 1 aromatic carbocycles. The lowest BCUT2D eigenvalue weighted by Gasteiger charge is -2.29. The minimum absolute atomic E-state index is 0.0329. The van der Waals surface area contributed by atoms with Crippen LogP contribution in [0.2, 0.25) is 0 Å². The number of nitrogens with zero attached hydrogens (tertiary/aromatic N) is 3. The Balaban J connectivity index is 1.57. The number of benzene rings is 1. The number of hydrogen-bond acceptors (Lipinski definition) is 7. The first-order valence-electron chi connectivity index (χ1n) is 10.9. The molecule has 8 nitrogen and oxygen atoms in total. The Labute approximate surface area is 191 Å². The molecule has 9 heteroatoms. The summed E-state index contributed by atoms with van der Waals surface area (Å²) in [5.74, 6) is -0.338. The van der Waals surface area contributed by atoms with E-state index in [1.54, 1.807) is 18.0 Å². The van der Waals surface area contributed by atoms with E-state index in [1.807, 2.05) is 43.4 Å². The van der Waals surface area contributed by atoms with Crippen molar-refractivity contribution in [2.45, 2.75) is 58.8 Å². The topological polar surface area (TPSA) is 82.4 Å². The number of ether oxygens (including phenoxy) is 3. The summed E-state index contributed by atoms with van der Waals surface area (Å²) in [6, 6.07) is 5.92. The van der Waals surface area contributed by atoms with Crippen molar-refractivity contribution in [3.63, 3.8) is 0 Å². The molecule has 0 radical (unpaired) electrons. The number of carbonyl (C=O) groups is 2. The van der Waals surface area contributed by atoms with Gasteiger partial charge in [-0.2, -0.15) is 0 Å². The van der Waals surface area contributed by atoms with Crippen molar-refractivity contribution >= 4 is 39.4 Å². The van der Waals surface area contributed by atoms with Crippen LogP contribution in [0, 0.1) is 0 Å². The summed E-state index contributed by atoms with van der Waals surface area (Å²) in [7, 11) is 0. The van der Waals surface area contributed by atoms with Gasteiger partial charge in [0.05, 0.1) is 30.3 Å². The maximum absolute atomic E-state index is 12.9. The van der Waals surface area contributed by atoms with E-state index in [2.05, 4.69) is 4.98 Å². The number of amides is 1. The zero-order valence-corrected chi connectivity index (χ0v) is 19.7. The van der Waals surface area contributed by atoms with E-state index in [9.17, 15) is 9.59 Å². The van der Waals surface area contributed by atoms with Crippen LogP contribution in [0.15, 0.2) is 24.4 Å². The lowest BCUT2D eigenvalue weighted by molar-refractivity contribution is 0.00859. The van der Waals surface area contributed by atoms with Crippen LogP contribution in [-0.4, -0.2) is 57.8 Å². The van der Waals surface area contributed by atoms with Crippen LogP contribution in [0.25, 0.3) is 16.0 Å². The molecule has 0 N–H and O–H groups in total. The molecule has 3 aromatic rings. The number of aromatic nitrogens is 2. The Bertz CT molecular complexity index is 1120. The van der Waals surface area contributed by atoms with Crippen molar-refractivity contribution in [3.8, 4) is 0 Å². The van der Waals surface area contributed by atoms with Crippen LogP contribution in [0.3, 0.4) is 0 Å². The summed E-state index contributed by atoms with van der Waals surface area (Å²) in [5.41, 5.74) is 2.10. The predicted molar refractivity (Wildman–Crippen MR) is 122 cm³/mol. The number of imidazole rings is 1. The smallest absolute Gasteiger partial charge is 0.410 e. The molecule has 1 fully saturated rings. The van der Waals surface area contributed by atoms with Crippen molar-refractivity contribution in [1.29, 1.82) is 0 Å². The highest BCUT2D eigenvalue weighted by atomic mass is 32.1. The van der Waals surface area contributed by atoms with Gasteiger partial charge in [0.15, 0.2) is 4.96 Å². The van der Waals surface area contributed by atoms with E-state index in [0.29, 0.717) is 24.6 Å². The van der Waals surface area contributed by atoms with E-state index < -0.39 is 5.60 Å². The maximum Gasteiger partial charge on any atom is 0.410 e. The molecule has 172 valence electrons. The monoisotopic (exact) mass is 459 g/mol. The van der Waals surface area contributed by atoms with Gasteiger partial charge in [0.1, 0.15) is 10.5 Å². The molecule has 0 bridgehead atoms. The number of hydrogen-bond donors (Lipinski definition) is 0. The van der Waals surface area contributed by atoms with E-state index in [0.717, 1.165) is 41.0 Å². The highest BCUT2D eigenvalue weighted by Crippen LogP contribution is 2.26. The van der Waals surface area contributed by atoms with Gasteiger partial charge in [0.25, 0.3) is 0 Å². The first kappa shape index (κ1) is 22.5. The number of thiazole rings is 1. The van der Waals surface area contributed by atoms with Crippen LogP contribution in [0.5, 0.6) is 0 Å². The second-order valence-electron chi connectivity index (χ2n) is 8.90. The first-order valence-corrected chi connectivity index (χ1v) is 11.7. The molecular formula is C23H29N3O5S. The van der Waals surface area contributed by atoms with E-state index in [4.69, 9.17) is 14.2 Å². The van der Waals surface area contributed by atoms with Gasteiger partial charge in [-0.25, -0.2) is 14.6 Å². The van der Waals surface area contributed by atoms with Crippen molar-refractivity contribution in [2.75, 3.05) is 19.8 Å². The number of fused-ring (bicyclic) bond motifs is 3. The van der Waals surface area contributed by atoms with Gasteiger partial charge < -0.3 is 19.1 Å². The SMILES string of the molecule is CCOC(=O)c1cn2c(nc3cc(CN(CC4CCCO4)C(=O)OC(C)(C)C)ccc32)s1. The zero-order valence-electron chi connectivity index (χ0n) is 18.9. The summed E-state index contributed by atoms with van der Waals surface area (Å²) in [4.78, 5) is 32.5. The molecule has 32 heavy (non-hydrogen) atoms. The summed E-state index contributed by atoms with van der Waals surface area (Å²) in [6.07, 6.45) is 3.40. The molecule has 1 aliphatic heterocycles. The fraction of sp³-hybridized carbons (Fsp3) is 0.522. The van der Waals surface area contributed by atoms with Gasteiger partial charge in [-0.3, -0.25) is 4.40 Å². The average Bonchev–Trinajstić information content (AvgIpc) is 3.42.